The number of aromatic nitrogens is 2. The van der Waals surface area contributed by atoms with Gasteiger partial charge in [0.25, 0.3) is 5.56 Å². The topological polar surface area (TPSA) is 143 Å². The molecular formula is C37H38N2O9S2. The molecule has 0 amide bonds. The van der Waals surface area contributed by atoms with Gasteiger partial charge in [0.15, 0.2) is 18.4 Å². The zero-order valence-electron chi connectivity index (χ0n) is 27.8. The Labute approximate surface area is 297 Å². The summed E-state index contributed by atoms with van der Waals surface area (Å²) in [6.45, 7) is 5.94. The van der Waals surface area contributed by atoms with Crippen molar-refractivity contribution in [2.24, 2.45) is 0 Å². The Morgan fingerprint density at radius 3 is 1.84 bits per heavy atom. The van der Waals surface area contributed by atoms with E-state index in [4.69, 9.17) is 18.9 Å². The van der Waals surface area contributed by atoms with Crippen LogP contribution in [0.3, 0.4) is 0 Å². The van der Waals surface area contributed by atoms with Crippen LogP contribution in [0.25, 0.3) is 0 Å². The van der Waals surface area contributed by atoms with Gasteiger partial charge in [-0.05, 0) is 49.2 Å². The fraction of sp³-hybridized carbons (Fsp3) is 0.324. The molecule has 0 bridgehead atoms. The van der Waals surface area contributed by atoms with Crippen molar-refractivity contribution in [3.05, 3.63) is 140 Å². The first-order valence-electron chi connectivity index (χ1n) is 16.0. The van der Waals surface area contributed by atoms with Gasteiger partial charge in [0.2, 0.25) is 0 Å². The number of rotatable bonds is 13. The number of carbonyl (C=O) groups is 3. The van der Waals surface area contributed by atoms with Crippen molar-refractivity contribution in [2.75, 3.05) is 12.4 Å². The van der Waals surface area contributed by atoms with Gasteiger partial charge in [-0.3, -0.25) is 14.3 Å². The molecule has 11 nitrogen and oxygen atoms in total. The Hall–Kier alpha value is -4.59. The summed E-state index contributed by atoms with van der Waals surface area (Å²) >= 11 is 0. The van der Waals surface area contributed by atoms with Crippen LogP contribution in [0, 0.1) is 0 Å². The molecule has 0 unspecified atom stereocenters. The number of nitrogens with zero attached hydrogens (tertiary/aromatic N) is 1. The van der Waals surface area contributed by atoms with E-state index in [9.17, 15) is 24.0 Å². The van der Waals surface area contributed by atoms with Gasteiger partial charge >= 0.3 is 23.6 Å². The number of benzene rings is 3. The Morgan fingerprint density at radius 1 is 0.780 bits per heavy atom. The van der Waals surface area contributed by atoms with Crippen LogP contribution in [-0.2, 0) is 25.4 Å². The van der Waals surface area contributed by atoms with Gasteiger partial charge in [-0.15, -0.1) is 0 Å². The zero-order chi connectivity index (χ0) is 35.7. The number of ether oxygens (including phenoxy) is 4. The third-order valence-electron chi connectivity index (χ3n) is 7.48. The number of aryl methyl sites for hydroxylation is 1. The van der Waals surface area contributed by atoms with Gasteiger partial charge < -0.3 is 18.9 Å². The summed E-state index contributed by atoms with van der Waals surface area (Å²) in [4.78, 5) is 68.4. The predicted octanol–water partition coefficient (Wildman–Crippen LogP) is 5.85. The van der Waals surface area contributed by atoms with E-state index in [2.05, 4.69) is 25.8 Å². The minimum atomic E-state index is -1.40. The van der Waals surface area contributed by atoms with Crippen molar-refractivity contribution in [1.82, 2.24) is 9.55 Å². The molecule has 13 heteroatoms. The van der Waals surface area contributed by atoms with Crippen molar-refractivity contribution in [3.63, 3.8) is 0 Å². The highest BCUT2D eigenvalue weighted by Crippen LogP contribution is 2.36. The molecule has 0 aliphatic carbocycles. The molecule has 0 saturated carbocycles. The van der Waals surface area contributed by atoms with Crippen LogP contribution in [0.2, 0.25) is 0 Å². The van der Waals surface area contributed by atoms with Crippen molar-refractivity contribution < 1.29 is 33.3 Å². The van der Waals surface area contributed by atoms with Crippen LogP contribution in [0.15, 0.2) is 107 Å². The molecule has 0 spiro atoms. The van der Waals surface area contributed by atoms with Gasteiger partial charge in [0, 0.05) is 22.3 Å². The molecular weight excluding hydrogens is 681 g/mol. The van der Waals surface area contributed by atoms with Crippen LogP contribution in [0.5, 0.6) is 0 Å². The lowest BCUT2D eigenvalue weighted by molar-refractivity contribution is -0.0641. The molecule has 0 radical (unpaired) electrons. The van der Waals surface area contributed by atoms with Crippen molar-refractivity contribution in [3.8, 4) is 0 Å². The second-order valence-electron chi connectivity index (χ2n) is 12.4. The molecule has 1 aliphatic rings. The van der Waals surface area contributed by atoms with E-state index in [0.717, 1.165) is 10.3 Å². The molecule has 3 aromatic carbocycles. The summed E-state index contributed by atoms with van der Waals surface area (Å²) in [5.41, 5.74) is -0.339. The van der Waals surface area contributed by atoms with Crippen LogP contribution in [-0.4, -0.2) is 62.9 Å². The molecule has 1 saturated heterocycles. The number of hydrogen-bond donors (Lipinski definition) is 1. The smallest absolute Gasteiger partial charge is 0.338 e. The quantitative estimate of drug-likeness (QED) is 0.0769. The second kappa shape index (κ2) is 16.9. The molecule has 262 valence electrons. The van der Waals surface area contributed by atoms with Gasteiger partial charge in [-0.1, -0.05) is 97.0 Å². The summed E-state index contributed by atoms with van der Waals surface area (Å²) in [5, 5.41) is 0. The SMILES string of the molecule is CC(C)(C)SSCCCc1cn([C@@H]2O[C@H](COC(=O)c3ccccc3)[C@@H](OC(=O)c3ccccc3)[C@H]2OC(=O)c2ccccc2)c(=O)[nH]c1=O. The van der Waals surface area contributed by atoms with Gasteiger partial charge in [-0.2, -0.15) is 0 Å². The third-order valence-corrected chi connectivity index (χ3v) is 10.9. The summed E-state index contributed by atoms with van der Waals surface area (Å²) in [6, 6.07) is 24.6. The monoisotopic (exact) mass is 718 g/mol. The maximum Gasteiger partial charge on any atom is 0.338 e. The minimum absolute atomic E-state index is 0.0772. The first-order valence-corrected chi connectivity index (χ1v) is 18.4. The number of aromatic amines is 1. The molecule has 4 aromatic rings. The van der Waals surface area contributed by atoms with E-state index in [-0.39, 0.29) is 21.4 Å². The zero-order valence-corrected chi connectivity index (χ0v) is 29.4. The lowest BCUT2D eigenvalue weighted by atomic mass is 10.1. The Kier molecular flexibility index (Phi) is 12.4. The molecule has 5 rings (SSSR count). The molecule has 1 aliphatic heterocycles. The minimum Gasteiger partial charge on any atom is -0.459 e. The molecule has 50 heavy (non-hydrogen) atoms. The number of carbonyl (C=O) groups excluding carboxylic acids is 3. The van der Waals surface area contributed by atoms with E-state index in [1.165, 1.54) is 6.20 Å². The summed E-state index contributed by atoms with van der Waals surface area (Å²) < 4.78 is 25.0. The summed E-state index contributed by atoms with van der Waals surface area (Å²) in [6.07, 6.45) is -2.89. The van der Waals surface area contributed by atoms with E-state index in [0.29, 0.717) is 18.4 Å². The lowest BCUT2D eigenvalue weighted by Gasteiger charge is -2.25. The Balaban J connectivity index is 1.48. The number of nitrogens with one attached hydrogen (secondary N) is 1. The van der Waals surface area contributed by atoms with Crippen LogP contribution in [0.1, 0.15) is 70.1 Å². The van der Waals surface area contributed by atoms with E-state index < -0.39 is 60.3 Å². The first-order chi connectivity index (χ1) is 24.0. The predicted molar refractivity (Wildman–Crippen MR) is 191 cm³/mol. The molecule has 1 N–H and O–H groups in total. The number of H-pyrrole nitrogens is 1. The van der Waals surface area contributed by atoms with Crippen LogP contribution >= 0.6 is 21.6 Å². The highest BCUT2D eigenvalue weighted by Gasteiger charge is 2.51. The summed E-state index contributed by atoms with van der Waals surface area (Å²) in [7, 11) is 3.44. The maximum atomic E-state index is 13.5. The van der Waals surface area contributed by atoms with Gasteiger partial charge in [0.05, 0.1) is 16.7 Å². The molecule has 4 atom stereocenters. The number of hydrogen-bond acceptors (Lipinski definition) is 11. The van der Waals surface area contributed by atoms with Crippen molar-refractivity contribution in [1.29, 1.82) is 0 Å². The average Bonchev–Trinajstić information content (AvgIpc) is 3.44. The fourth-order valence-corrected chi connectivity index (χ4v) is 7.48. The average molecular weight is 719 g/mol. The normalized spacial score (nSPS) is 18.7. The van der Waals surface area contributed by atoms with E-state index >= 15 is 0 Å². The van der Waals surface area contributed by atoms with E-state index in [1.54, 1.807) is 113 Å². The molecule has 2 heterocycles. The van der Waals surface area contributed by atoms with Crippen LogP contribution in [0.4, 0.5) is 0 Å². The summed E-state index contributed by atoms with van der Waals surface area (Å²) in [5.74, 6) is -1.41. The molecule has 1 aromatic heterocycles. The Morgan fingerprint density at radius 2 is 1.30 bits per heavy atom. The fourth-order valence-electron chi connectivity index (χ4n) is 5.12. The van der Waals surface area contributed by atoms with E-state index in [1.807, 2.05) is 0 Å². The van der Waals surface area contributed by atoms with Gasteiger partial charge in [0.1, 0.15) is 12.7 Å². The number of esters is 3. The standard InChI is InChI=1S/C37H38N2O9S2/c1-37(2,3)50-49-21-13-20-27-22-39(36(44)38-31(27)40)32-30(48-35(43)26-18-11-6-12-19-26)29(47-34(42)25-16-9-5-10-17-25)28(46-32)23-45-33(41)24-14-7-4-8-15-24/h4-12,14-19,22,28-30,32H,13,20-21,23H2,1-3H3,(H,38,40,44)/t28-,29-,30-,32-/m1/s1. The highest BCUT2D eigenvalue weighted by molar-refractivity contribution is 8.77. The van der Waals surface area contributed by atoms with Crippen molar-refractivity contribution in [2.45, 2.75) is 62.9 Å². The Bertz CT molecular complexity index is 1880. The largest absolute Gasteiger partial charge is 0.459 e. The lowest BCUT2D eigenvalue weighted by Crippen LogP contribution is -2.43. The maximum absolute atomic E-state index is 13.5. The second-order valence-corrected chi connectivity index (χ2v) is 15.7. The third kappa shape index (κ3) is 9.77. The van der Waals surface area contributed by atoms with Gasteiger partial charge in [-0.25, -0.2) is 19.2 Å². The first kappa shape index (κ1) is 36.7. The molecule has 1 fully saturated rings. The highest BCUT2D eigenvalue weighted by atomic mass is 33.1. The van der Waals surface area contributed by atoms with Crippen molar-refractivity contribution >= 4 is 39.5 Å². The van der Waals surface area contributed by atoms with Crippen LogP contribution < -0.4 is 11.2 Å².